The normalized spacial score (nSPS) is 11.9. The fourth-order valence-electron chi connectivity index (χ4n) is 1.67. The Kier molecular flexibility index (Phi) is 5.57. The summed E-state index contributed by atoms with van der Waals surface area (Å²) < 4.78 is 0. The van der Waals surface area contributed by atoms with E-state index in [9.17, 15) is 14.9 Å². The van der Waals surface area contributed by atoms with E-state index in [1.807, 2.05) is 6.92 Å². The number of nitrogens with one attached hydrogen (secondary N) is 1. The van der Waals surface area contributed by atoms with Crippen LogP contribution in [0.25, 0.3) is 0 Å². The second kappa shape index (κ2) is 6.94. The number of carbonyl (C=O) groups is 1. The molecule has 1 atom stereocenters. The molecule has 0 saturated heterocycles. The Bertz CT molecular complexity index is 479. The number of hydrogen-bond donors (Lipinski definition) is 2. The molecule has 1 aromatic rings. The Labute approximate surface area is 115 Å². The molecule has 6 nitrogen and oxygen atoms in total. The third-order valence-corrected chi connectivity index (χ3v) is 3.01. The standard InChI is InChI=1S/C12H15ClN2O4/c1-2-8(5-12(16)17)7-14-10-4-3-9(13)6-11(10)15(18)19/h3-4,6,8,14H,2,5,7H2,1H3,(H,16,17). The zero-order chi connectivity index (χ0) is 14.4. The molecule has 7 heteroatoms. The van der Waals surface area contributed by atoms with Crippen LogP contribution < -0.4 is 5.32 Å². The highest BCUT2D eigenvalue weighted by molar-refractivity contribution is 6.30. The third kappa shape index (κ3) is 4.75. The summed E-state index contributed by atoms with van der Waals surface area (Å²) in [6.07, 6.45) is 0.714. The Balaban J connectivity index is 2.76. The molecule has 2 N–H and O–H groups in total. The summed E-state index contributed by atoms with van der Waals surface area (Å²) in [5, 5.41) is 22.8. The number of nitrogens with zero attached hydrogens (tertiary/aromatic N) is 1. The van der Waals surface area contributed by atoms with Crippen molar-refractivity contribution in [2.75, 3.05) is 11.9 Å². The fraction of sp³-hybridized carbons (Fsp3) is 0.417. The molecule has 19 heavy (non-hydrogen) atoms. The van der Waals surface area contributed by atoms with Crippen LogP contribution in [0.1, 0.15) is 19.8 Å². The molecule has 0 aliphatic rings. The summed E-state index contributed by atoms with van der Waals surface area (Å²) >= 11 is 5.71. The SMILES string of the molecule is CCC(CNc1ccc(Cl)cc1[N+](=O)[O-])CC(=O)O. The lowest BCUT2D eigenvalue weighted by Crippen LogP contribution is -2.17. The highest BCUT2D eigenvalue weighted by atomic mass is 35.5. The van der Waals surface area contributed by atoms with E-state index in [2.05, 4.69) is 5.32 Å². The van der Waals surface area contributed by atoms with Crippen molar-refractivity contribution < 1.29 is 14.8 Å². The van der Waals surface area contributed by atoms with Crippen molar-refractivity contribution in [1.82, 2.24) is 0 Å². The van der Waals surface area contributed by atoms with E-state index >= 15 is 0 Å². The Hall–Kier alpha value is -1.82. The number of nitro groups is 1. The van der Waals surface area contributed by atoms with E-state index in [4.69, 9.17) is 16.7 Å². The summed E-state index contributed by atoms with van der Waals surface area (Å²) in [5.74, 6) is -0.952. The zero-order valence-corrected chi connectivity index (χ0v) is 11.2. The number of anilines is 1. The molecule has 0 aromatic heterocycles. The topological polar surface area (TPSA) is 92.5 Å². The van der Waals surface area contributed by atoms with Gasteiger partial charge in [0.1, 0.15) is 5.69 Å². The predicted octanol–water partition coefficient (Wildman–Crippen LogP) is 3.16. The number of rotatable bonds is 7. The van der Waals surface area contributed by atoms with Crippen molar-refractivity contribution in [3.8, 4) is 0 Å². The van der Waals surface area contributed by atoms with Crippen molar-refractivity contribution >= 4 is 28.9 Å². The summed E-state index contributed by atoms with van der Waals surface area (Å²) in [6, 6.07) is 4.34. The summed E-state index contributed by atoms with van der Waals surface area (Å²) in [4.78, 5) is 21.0. The number of carboxylic acid groups (broad SMARTS) is 1. The summed E-state index contributed by atoms with van der Waals surface area (Å²) in [5.41, 5.74) is 0.232. The molecule has 0 spiro atoms. The largest absolute Gasteiger partial charge is 0.481 e. The van der Waals surface area contributed by atoms with Gasteiger partial charge < -0.3 is 10.4 Å². The van der Waals surface area contributed by atoms with Crippen molar-refractivity contribution in [1.29, 1.82) is 0 Å². The van der Waals surface area contributed by atoms with Crippen LogP contribution in [0.15, 0.2) is 18.2 Å². The fourth-order valence-corrected chi connectivity index (χ4v) is 1.83. The lowest BCUT2D eigenvalue weighted by molar-refractivity contribution is -0.383. The van der Waals surface area contributed by atoms with Gasteiger partial charge in [0.15, 0.2) is 0 Å². The minimum absolute atomic E-state index is 0.0326. The van der Waals surface area contributed by atoms with Gasteiger partial charge in [-0.3, -0.25) is 14.9 Å². The monoisotopic (exact) mass is 286 g/mol. The molecule has 1 aromatic carbocycles. The highest BCUT2D eigenvalue weighted by Crippen LogP contribution is 2.28. The maximum atomic E-state index is 10.9. The van der Waals surface area contributed by atoms with E-state index in [0.717, 1.165) is 0 Å². The number of aliphatic carboxylic acids is 1. The van der Waals surface area contributed by atoms with Gasteiger partial charge in [-0.25, -0.2) is 0 Å². The molecular weight excluding hydrogens is 272 g/mol. The second-order valence-electron chi connectivity index (χ2n) is 4.17. The highest BCUT2D eigenvalue weighted by Gasteiger charge is 2.16. The third-order valence-electron chi connectivity index (χ3n) is 2.78. The summed E-state index contributed by atoms with van der Waals surface area (Å²) in [6.45, 7) is 2.25. The lowest BCUT2D eigenvalue weighted by atomic mass is 10.0. The van der Waals surface area contributed by atoms with Gasteiger partial charge in [-0.15, -0.1) is 0 Å². The number of carboxylic acids is 1. The van der Waals surface area contributed by atoms with Crippen molar-refractivity contribution in [3.05, 3.63) is 33.3 Å². The first kappa shape index (κ1) is 15.2. The van der Waals surface area contributed by atoms with Crippen LogP contribution in [0.5, 0.6) is 0 Å². The van der Waals surface area contributed by atoms with Gasteiger partial charge >= 0.3 is 5.97 Å². The summed E-state index contributed by atoms with van der Waals surface area (Å²) in [7, 11) is 0. The minimum Gasteiger partial charge on any atom is -0.481 e. The van der Waals surface area contributed by atoms with Crippen LogP contribution in [-0.4, -0.2) is 22.5 Å². The van der Waals surface area contributed by atoms with Crippen LogP contribution >= 0.6 is 11.6 Å². The quantitative estimate of drug-likeness (QED) is 0.593. The van der Waals surface area contributed by atoms with Gasteiger partial charge in [0.05, 0.1) is 4.92 Å². The molecular formula is C12H15ClN2O4. The zero-order valence-electron chi connectivity index (χ0n) is 10.4. The maximum absolute atomic E-state index is 10.9. The van der Waals surface area contributed by atoms with Crippen molar-refractivity contribution in [2.45, 2.75) is 19.8 Å². The molecule has 0 radical (unpaired) electrons. The number of hydrogen-bond acceptors (Lipinski definition) is 4. The minimum atomic E-state index is -0.876. The molecule has 0 saturated carbocycles. The molecule has 0 bridgehead atoms. The molecule has 0 heterocycles. The molecule has 0 amide bonds. The molecule has 104 valence electrons. The predicted molar refractivity (Wildman–Crippen MR) is 72.6 cm³/mol. The Morgan fingerprint density at radius 3 is 2.79 bits per heavy atom. The molecule has 0 aliphatic carbocycles. The van der Waals surface area contributed by atoms with Crippen LogP contribution in [-0.2, 0) is 4.79 Å². The van der Waals surface area contributed by atoms with Gasteiger partial charge in [-0.2, -0.15) is 0 Å². The first-order valence-corrected chi connectivity index (χ1v) is 6.21. The van der Waals surface area contributed by atoms with E-state index in [-0.39, 0.29) is 23.0 Å². The van der Waals surface area contributed by atoms with Gasteiger partial charge in [0.2, 0.25) is 0 Å². The molecule has 0 aliphatic heterocycles. The maximum Gasteiger partial charge on any atom is 0.303 e. The van der Waals surface area contributed by atoms with E-state index in [0.29, 0.717) is 18.7 Å². The van der Waals surface area contributed by atoms with Crippen molar-refractivity contribution in [2.24, 2.45) is 5.92 Å². The first-order chi connectivity index (χ1) is 8.93. The van der Waals surface area contributed by atoms with Crippen LogP contribution in [0.3, 0.4) is 0 Å². The average Bonchev–Trinajstić information content (AvgIpc) is 2.34. The van der Waals surface area contributed by atoms with E-state index in [1.54, 1.807) is 6.07 Å². The second-order valence-corrected chi connectivity index (χ2v) is 4.61. The Morgan fingerprint density at radius 1 is 1.58 bits per heavy atom. The van der Waals surface area contributed by atoms with Crippen LogP contribution in [0.2, 0.25) is 5.02 Å². The van der Waals surface area contributed by atoms with Crippen LogP contribution in [0.4, 0.5) is 11.4 Å². The first-order valence-electron chi connectivity index (χ1n) is 5.83. The van der Waals surface area contributed by atoms with Gasteiger partial charge in [0.25, 0.3) is 5.69 Å². The number of benzene rings is 1. The number of halogens is 1. The molecule has 0 fully saturated rings. The number of nitro benzene ring substituents is 1. The van der Waals surface area contributed by atoms with Crippen molar-refractivity contribution in [3.63, 3.8) is 0 Å². The lowest BCUT2D eigenvalue weighted by Gasteiger charge is -2.14. The van der Waals surface area contributed by atoms with Gasteiger partial charge in [-0.1, -0.05) is 24.9 Å². The smallest absolute Gasteiger partial charge is 0.303 e. The Morgan fingerprint density at radius 2 is 2.26 bits per heavy atom. The van der Waals surface area contributed by atoms with Crippen LogP contribution in [0, 0.1) is 16.0 Å². The van der Waals surface area contributed by atoms with E-state index < -0.39 is 10.9 Å². The van der Waals surface area contributed by atoms with E-state index in [1.165, 1.54) is 12.1 Å². The van der Waals surface area contributed by atoms with Gasteiger partial charge in [0, 0.05) is 24.1 Å². The molecule has 1 rings (SSSR count). The van der Waals surface area contributed by atoms with Gasteiger partial charge in [-0.05, 0) is 18.1 Å². The average molecular weight is 287 g/mol. The molecule has 1 unspecified atom stereocenters.